The van der Waals surface area contributed by atoms with E-state index in [1.54, 1.807) is 29.1 Å². The van der Waals surface area contributed by atoms with Crippen LogP contribution in [0.2, 0.25) is 0 Å². The molecule has 0 unspecified atom stereocenters. The van der Waals surface area contributed by atoms with Crippen LogP contribution in [0.3, 0.4) is 0 Å². The van der Waals surface area contributed by atoms with Crippen molar-refractivity contribution in [1.82, 2.24) is 4.57 Å². The van der Waals surface area contributed by atoms with Crippen molar-refractivity contribution in [1.29, 1.82) is 0 Å². The van der Waals surface area contributed by atoms with Gasteiger partial charge >= 0.3 is 5.69 Å². The zero-order valence-electron chi connectivity index (χ0n) is 7.74. The van der Waals surface area contributed by atoms with Crippen LogP contribution in [0.25, 0.3) is 5.69 Å². The van der Waals surface area contributed by atoms with Gasteiger partial charge in [0.15, 0.2) is 0 Å². The van der Waals surface area contributed by atoms with Gasteiger partial charge in [-0.3, -0.25) is 0 Å². The number of hydrogen-bond acceptors (Lipinski definition) is 2. The number of aromatic hydroxyl groups is 1. The quantitative estimate of drug-likeness (QED) is 0.737. The van der Waals surface area contributed by atoms with E-state index < -0.39 is 0 Å². The van der Waals surface area contributed by atoms with Gasteiger partial charge in [-0.2, -0.15) is 0 Å². The van der Waals surface area contributed by atoms with Crippen LogP contribution in [0, 0.1) is 4.91 Å². The van der Waals surface area contributed by atoms with E-state index >= 15 is 0 Å². The van der Waals surface area contributed by atoms with Gasteiger partial charge in [-0.25, -0.2) is 5.21 Å². The van der Waals surface area contributed by atoms with Crippen LogP contribution < -0.4 is 0 Å². The van der Waals surface area contributed by atoms with Gasteiger partial charge in [-0.15, -0.1) is 0 Å². The highest BCUT2D eigenvalue weighted by Crippen LogP contribution is 2.26. The van der Waals surface area contributed by atoms with Crippen molar-refractivity contribution in [2.75, 3.05) is 0 Å². The molecule has 0 aliphatic carbocycles. The predicted molar refractivity (Wildman–Crippen MR) is 52.5 cm³/mol. The molecule has 5 heteroatoms. The van der Waals surface area contributed by atoms with Crippen LogP contribution in [0.15, 0.2) is 42.7 Å². The number of aromatic nitrogens is 1. The highest BCUT2D eigenvalue weighted by Gasteiger charge is 2.14. The van der Waals surface area contributed by atoms with Crippen molar-refractivity contribution in [3.8, 4) is 11.4 Å². The van der Waals surface area contributed by atoms with Gasteiger partial charge in [0.1, 0.15) is 5.75 Å². The van der Waals surface area contributed by atoms with E-state index in [0.717, 1.165) is 0 Å². The molecule has 2 rings (SSSR count). The molecule has 0 spiro atoms. The van der Waals surface area contributed by atoms with Crippen LogP contribution in [-0.4, -0.2) is 19.8 Å². The van der Waals surface area contributed by atoms with Crippen molar-refractivity contribution in [3.05, 3.63) is 47.6 Å². The first-order chi connectivity index (χ1) is 7.18. The Kier molecular flexibility index (Phi) is 2.13. The largest absolute Gasteiger partial charge is 0.506 e. The Labute approximate surface area is 85.4 Å². The van der Waals surface area contributed by atoms with Crippen molar-refractivity contribution < 1.29 is 15.2 Å². The molecule has 1 aromatic heterocycles. The third-order valence-electron chi connectivity index (χ3n) is 2.06. The Hall–Kier alpha value is -2.30. The summed E-state index contributed by atoms with van der Waals surface area (Å²) in [5, 5.41) is 18.3. The normalized spacial score (nSPS) is 10.1. The first kappa shape index (κ1) is 9.26. The van der Waals surface area contributed by atoms with E-state index in [9.17, 15) is 10.0 Å². The van der Waals surface area contributed by atoms with Gasteiger partial charge in [-0.05, 0) is 18.2 Å². The topological polar surface area (TPSA) is 65.5 Å². The molecule has 0 saturated heterocycles. The molecule has 0 amide bonds. The predicted octanol–water partition coefficient (Wildman–Crippen LogP) is 1.98. The second-order valence-corrected chi connectivity index (χ2v) is 3.04. The Morgan fingerprint density at radius 2 is 1.87 bits per heavy atom. The van der Waals surface area contributed by atoms with Gasteiger partial charge in [0.25, 0.3) is 4.92 Å². The lowest BCUT2D eigenvalue weighted by Crippen LogP contribution is -1.95. The molecule has 15 heavy (non-hydrogen) atoms. The zero-order chi connectivity index (χ0) is 10.8. The second-order valence-electron chi connectivity index (χ2n) is 3.04. The Bertz CT molecular complexity index is 491. The number of phenols is 1. The van der Waals surface area contributed by atoms with Crippen molar-refractivity contribution >= 4 is 5.69 Å². The third kappa shape index (κ3) is 1.67. The Balaban J connectivity index is 2.55. The Morgan fingerprint density at radius 3 is 2.47 bits per heavy atom. The van der Waals surface area contributed by atoms with Gasteiger partial charge in [0.2, 0.25) is 0 Å². The molecule has 0 aliphatic heterocycles. The molecule has 0 atom stereocenters. The number of hydrogen-bond donors (Lipinski definition) is 2. The lowest BCUT2D eigenvalue weighted by Gasteiger charge is -2.03. The molecule has 0 bridgehead atoms. The molecule has 0 fully saturated rings. The maximum atomic E-state index is 10.7. The van der Waals surface area contributed by atoms with Crippen LogP contribution in [0.5, 0.6) is 5.75 Å². The first-order valence-corrected chi connectivity index (χ1v) is 4.31. The number of phenolic OH excluding ortho intramolecular Hbond substituents is 1. The van der Waals surface area contributed by atoms with Crippen molar-refractivity contribution in [2.24, 2.45) is 0 Å². The van der Waals surface area contributed by atoms with Gasteiger partial charge in [0.05, 0.1) is 10.6 Å². The standard InChI is InChI=1S/C10H8N2O3/c13-10-4-3-8(12(14)15)7-9(10)11-5-1-2-6-11/h1-7H,(H-,13,14,15)/p+1. The summed E-state index contributed by atoms with van der Waals surface area (Å²) in [6, 6.07) is 7.66. The minimum atomic E-state index is -0.244. The molecule has 0 saturated carbocycles. The maximum absolute atomic E-state index is 10.7. The minimum absolute atomic E-state index is 0.0387. The summed E-state index contributed by atoms with van der Waals surface area (Å²) in [5.74, 6) is 0.0387. The summed E-state index contributed by atoms with van der Waals surface area (Å²) >= 11 is 0. The molecular formula is C10H9N2O3+. The Morgan fingerprint density at radius 1 is 1.20 bits per heavy atom. The van der Waals surface area contributed by atoms with Crippen molar-refractivity contribution in [2.45, 2.75) is 0 Å². The van der Waals surface area contributed by atoms with Crippen molar-refractivity contribution in [3.63, 3.8) is 0 Å². The highest BCUT2D eigenvalue weighted by molar-refractivity contribution is 5.52. The summed E-state index contributed by atoms with van der Waals surface area (Å²) in [6.45, 7) is 0. The number of rotatable bonds is 2. The lowest BCUT2D eigenvalue weighted by atomic mass is 10.2. The summed E-state index contributed by atoms with van der Waals surface area (Å²) in [6.07, 6.45) is 3.46. The van der Waals surface area contributed by atoms with Gasteiger partial charge in [0, 0.05) is 24.5 Å². The fourth-order valence-corrected chi connectivity index (χ4v) is 1.33. The summed E-state index contributed by atoms with van der Waals surface area (Å²) < 4.78 is 1.64. The average Bonchev–Trinajstić information content (AvgIpc) is 2.71. The summed E-state index contributed by atoms with van der Waals surface area (Å²) in [4.78, 5) is 10.4. The van der Waals surface area contributed by atoms with E-state index in [-0.39, 0.29) is 16.4 Å². The van der Waals surface area contributed by atoms with Crippen LogP contribution in [-0.2, 0) is 0 Å². The van der Waals surface area contributed by atoms with E-state index in [1.807, 2.05) is 0 Å². The average molecular weight is 205 g/mol. The highest BCUT2D eigenvalue weighted by atomic mass is 16.6. The zero-order valence-corrected chi connectivity index (χ0v) is 7.74. The van der Waals surface area contributed by atoms with E-state index in [4.69, 9.17) is 5.21 Å². The minimum Gasteiger partial charge on any atom is -0.506 e. The van der Waals surface area contributed by atoms with Crippen LogP contribution in [0.4, 0.5) is 5.69 Å². The molecule has 2 N–H and O–H groups in total. The lowest BCUT2D eigenvalue weighted by molar-refractivity contribution is -0.729. The molecular weight excluding hydrogens is 196 g/mol. The maximum Gasteiger partial charge on any atom is 0.318 e. The molecule has 76 valence electrons. The molecule has 2 aromatic rings. The summed E-state index contributed by atoms with van der Waals surface area (Å²) in [7, 11) is 0. The molecule has 0 radical (unpaired) electrons. The first-order valence-electron chi connectivity index (χ1n) is 4.31. The van der Waals surface area contributed by atoms with E-state index in [1.165, 1.54) is 18.2 Å². The molecule has 1 heterocycles. The fourth-order valence-electron chi connectivity index (χ4n) is 1.33. The second kappa shape index (κ2) is 3.45. The van der Waals surface area contributed by atoms with Gasteiger partial charge < -0.3 is 9.67 Å². The monoisotopic (exact) mass is 205 g/mol. The van der Waals surface area contributed by atoms with E-state index in [0.29, 0.717) is 5.69 Å². The van der Waals surface area contributed by atoms with Crippen LogP contribution in [0.1, 0.15) is 0 Å². The molecule has 5 nitrogen and oxygen atoms in total. The molecule has 1 aromatic carbocycles. The fraction of sp³-hybridized carbons (Fsp3) is 0. The number of benzene rings is 1. The summed E-state index contributed by atoms with van der Waals surface area (Å²) in [5.41, 5.74) is 0.504. The third-order valence-corrected chi connectivity index (χ3v) is 2.06. The molecule has 0 aliphatic rings. The van der Waals surface area contributed by atoms with Gasteiger partial charge in [-0.1, -0.05) is 0 Å². The van der Waals surface area contributed by atoms with E-state index in [2.05, 4.69) is 0 Å². The smallest absolute Gasteiger partial charge is 0.318 e. The number of nitrogens with zero attached hydrogens (tertiary/aromatic N) is 2. The van der Waals surface area contributed by atoms with Crippen LogP contribution >= 0.6 is 0 Å². The SMILES string of the molecule is O=[N+](O)c1ccc(O)c(-n2cccc2)c1.